The number of non-ortho nitro benzene ring substituents is 1. The van der Waals surface area contributed by atoms with E-state index in [-0.39, 0.29) is 18.1 Å². The van der Waals surface area contributed by atoms with Crippen LogP contribution in [0, 0.1) is 16.1 Å². The number of halogens is 2. The van der Waals surface area contributed by atoms with Crippen LogP contribution in [0.1, 0.15) is 30.7 Å². The fourth-order valence-electron chi connectivity index (χ4n) is 3.82. The van der Waals surface area contributed by atoms with E-state index in [1.54, 1.807) is 18.3 Å². The number of benzene rings is 1. The van der Waals surface area contributed by atoms with Gasteiger partial charge in [-0.3, -0.25) is 10.1 Å². The molecule has 0 spiro atoms. The van der Waals surface area contributed by atoms with Gasteiger partial charge in [-0.25, -0.2) is 4.98 Å². The van der Waals surface area contributed by atoms with Gasteiger partial charge in [0.15, 0.2) is 0 Å². The van der Waals surface area contributed by atoms with Crippen molar-refractivity contribution >= 4 is 18.1 Å². The van der Waals surface area contributed by atoms with Crippen LogP contribution < -0.4 is 5.32 Å². The maximum Gasteiger partial charge on any atom is 0.269 e. The summed E-state index contributed by atoms with van der Waals surface area (Å²) < 4.78 is 14.1. The lowest BCUT2D eigenvalue weighted by Gasteiger charge is -2.20. The van der Waals surface area contributed by atoms with Crippen LogP contribution >= 0.6 is 12.4 Å². The quantitative estimate of drug-likeness (QED) is 0.519. The molecule has 7 heteroatoms. The SMILES string of the molecule is Cl.O=[N+]([O-])c1ccc(-c2cc(C3CC4CCC3N4)cnc2F)cc1. The van der Waals surface area contributed by atoms with Gasteiger partial charge >= 0.3 is 0 Å². The Kier molecular flexibility index (Phi) is 4.51. The molecule has 2 aromatic rings. The third kappa shape index (κ3) is 2.87. The summed E-state index contributed by atoms with van der Waals surface area (Å²) in [6, 6.07) is 8.79. The molecule has 2 aliphatic heterocycles. The molecule has 3 atom stereocenters. The molecule has 1 aromatic heterocycles. The Morgan fingerprint density at radius 3 is 2.58 bits per heavy atom. The zero-order valence-corrected chi connectivity index (χ0v) is 13.6. The van der Waals surface area contributed by atoms with Crippen molar-refractivity contribution in [1.29, 1.82) is 0 Å². The molecule has 3 unspecified atom stereocenters. The van der Waals surface area contributed by atoms with Crippen LogP contribution in [-0.2, 0) is 0 Å². The highest BCUT2D eigenvalue weighted by Gasteiger charge is 2.40. The number of aromatic nitrogens is 1. The Balaban J connectivity index is 0.00000169. The van der Waals surface area contributed by atoms with Crippen molar-refractivity contribution in [2.75, 3.05) is 0 Å². The summed E-state index contributed by atoms with van der Waals surface area (Å²) in [7, 11) is 0. The molecule has 24 heavy (non-hydrogen) atoms. The summed E-state index contributed by atoms with van der Waals surface area (Å²) in [5.41, 5.74) is 2.05. The molecule has 0 aliphatic carbocycles. The lowest BCUT2D eigenvalue weighted by Crippen LogP contribution is -2.21. The van der Waals surface area contributed by atoms with Crippen LogP contribution in [0.3, 0.4) is 0 Å². The topological polar surface area (TPSA) is 68.1 Å². The van der Waals surface area contributed by atoms with Gasteiger partial charge in [0.05, 0.1) is 4.92 Å². The molecule has 0 radical (unpaired) electrons. The van der Waals surface area contributed by atoms with Crippen molar-refractivity contribution in [3.05, 3.63) is 58.2 Å². The van der Waals surface area contributed by atoms with Crippen LogP contribution in [0.15, 0.2) is 36.5 Å². The molecule has 2 saturated heterocycles. The minimum atomic E-state index is -0.543. The molecule has 5 nitrogen and oxygen atoms in total. The Labute approximate surface area is 144 Å². The van der Waals surface area contributed by atoms with E-state index in [0.29, 0.717) is 29.1 Å². The minimum absolute atomic E-state index is 0. The molecular weight excluding hydrogens is 333 g/mol. The molecule has 0 saturated carbocycles. The summed E-state index contributed by atoms with van der Waals surface area (Å²) in [5.74, 6) is -0.169. The fraction of sp³-hybridized carbons (Fsp3) is 0.353. The normalized spacial score (nSPS) is 24.6. The maximum absolute atomic E-state index is 14.1. The van der Waals surface area contributed by atoms with E-state index in [2.05, 4.69) is 10.3 Å². The zero-order valence-electron chi connectivity index (χ0n) is 12.8. The second-order valence-corrected chi connectivity index (χ2v) is 6.30. The average molecular weight is 350 g/mol. The van der Waals surface area contributed by atoms with Gasteiger partial charge in [0.1, 0.15) is 0 Å². The smallest absolute Gasteiger partial charge is 0.269 e. The van der Waals surface area contributed by atoms with Crippen molar-refractivity contribution < 1.29 is 9.31 Å². The summed E-state index contributed by atoms with van der Waals surface area (Å²) in [6.07, 6.45) is 5.06. The predicted octanol–water partition coefficient (Wildman–Crippen LogP) is 3.83. The largest absolute Gasteiger partial charge is 0.311 e. The van der Waals surface area contributed by atoms with Gasteiger partial charge in [-0.15, -0.1) is 12.4 Å². The van der Waals surface area contributed by atoms with Crippen LogP contribution in [0.5, 0.6) is 0 Å². The van der Waals surface area contributed by atoms with Gasteiger partial charge in [-0.05, 0) is 48.6 Å². The van der Waals surface area contributed by atoms with E-state index in [9.17, 15) is 14.5 Å². The Morgan fingerprint density at radius 1 is 1.25 bits per heavy atom. The average Bonchev–Trinajstić information content (AvgIpc) is 3.18. The van der Waals surface area contributed by atoms with E-state index < -0.39 is 10.9 Å². The molecule has 0 amide bonds. The number of rotatable bonds is 3. The van der Waals surface area contributed by atoms with Crippen LogP contribution in [0.25, 0.3) is 11.1 Å². The van der Waals surface area contributed by atoms with Crippen molar-refractivity contribution in [1.82, 2.24) is 10.3 Å². The molecular formula is C17H17ClFN3O2. The number of hydrogen-bond acceptors (Lipinski definition) is 4. The highest BCUT2D eigenvalue weighted by Crippen LogP contribution is 2.40. The second-order valence-electron chi connectivity index (χ2n) is 6.30. The lowest BCUT2D eigenvalue weighted by atomic mass is 9.84. The zero-order chi connectivity index (χ0) is 16.0. The Hall–Kier alpha value is -2.05. The highest BCUT2D eigenvalue weighted by molar-refractivity contribution is 5.85. The minimum Gasteiger partial charge on any atom is -0.311 e. The van der Waals surface area contributed by atoms with Crippen molar-refractivity contribution in [2.24, 2.45) is 0 Å². The van der Waals surface area contributed by atoms with Gasteiger partial charge in [0, 0.05) is 41.9 Å². The molecule has 1 aromatic carbocycles. The summed E-state index contributed by atoms with van der Waals surface area (Å²) in [5, 5.41) is 14.3. The highest BCUT2D eigenvalue weighted by atomic mass is 35.5. The maximum atomic E-state index is 14.1. The molecule has 126 valence electrons. The molecule has 4 rings (SSSR count). The standard InChI is InChI=1S/C17H16FN3O2.ClH/c18-17-15(10-1-4-13(5-2-10)21(22)23)7-11(9-19-17)14-8-12-3-6-16(14)20-12;/h1-2,4-5,7,9,12,14,16,20H,3,6,8H2;1H. The van der Waals surface area contributed by atoms with Gasteiger partial charge in [-0.1, -0.05) is 0 Å². The molecule has 2 fully saturated rings. The van der Waals surface area contributed by atoms with Gasteiger partial charge in [-0.2, -0.15) is 4.39 Å². The van der Waals surface area contributed by atoms with Gasteiger partial charge in [0.2, 0.25) is 5.95 Å². The number of nitro groups is 1. The number of nitro benzene ring substituents is 1. The van der Waals surface area contributed by atoms with Gasteiger partial charge < -0.3 is 5.32 Å². The first-order chi connectivity index (χ1) is 11.1. The molecule has 2 aliphatic rings. The first kappa shape index (κ1) is 16.8. The summed E-state index contributed by atoms with van der Waals surface area (Å²) in [6.45, 7) is 0. The van der Waals surface area contributed by atoms with Crippen LogP contribution in [-0.4, -0.2) is 22.0 Å². The van der Waals surface area contributed by atoms with Crippen molar-refractivity contribution in [3.8, 4) is 11.1 Å². The molecule has 2 bridgehead atoms. The monoisotopic (exact) mass is 349 g/mol. The van der Waals surface area contributed by atoms with E-state index in [4.69, 9.17) is 0 Å². The number of hydrogen-bond donors (Lipinski definition) is 1. The van der Waals surface area contributed by atoms with Gasteiger partial charge in [0.25, 0.3) is 5.69 Å². The first-order valence-electron chi connectivity index (χ1n) is 7.78. The van der Waals surface area contributed by atoms with Crippen molar-refractivity contribution in [2.45, 2.75) is 37.3 Å². The molecule has 3 heterocycles. The summed E-state index contributed by atoms with van der Waals surface area (Å²) in [4.78, 5) is 14.2. The van der Waals surface area contributed by atoms with E-state index in [1.807, 2.05) is 6.07 Å². The number of pyridine rings is 1. The number of nitrogens with one attached hydrogen (secondary N) is 1. The fourth-order valence-corrected chi connectivity index (χ4v) is 3.82. The first-order valence-corrected chi connectivity index (χ1v) is 7.78. The van der Waals surface area contributed by atoms with E-state index in [0.717, 1.165) is 18.4 Å². The van der Waals surface area contributed by atoms with Crippen LogP contribution in [0.4, 0.5) is 10.1 Å². The van der Waals surface area contributed by atoms with Crippen molar-refractivity contribution in [3.63, 3.8) is 0 Å². The molecule has 1 N–H and O–H groups in total. The van der Waals surface area contributed by atoms with E-state index in [1.165, 1.54) is 18.6 Å². The predicted molar refractivity (Wildman–Crippen MR) is 90.8 cm³/mol. The third-order valence-corrected chi connectivity index (χ3v) is 4.98. The Morgan fingerprint density at radius 2 is 2.00 bits per heavy atom. The number of fused-ring (bicyclic) bond motifs is 2. The second kappa shape index (κ2) is 6.45. The van der Waals surface area contributed by atoms with E-state index >= 15 is 0 Å². The Bertz CT molecular complexity index is 769. The summed E-state index contributed by atoms with van der Waals surface area (Å²) >= 11 is 0. The number of nitrogens with zero attached hydrogens (tertiary/aromatic N) is 2. The lowest BCUT2D eigenvalue weighted by molar-refractivity contribution is -0.384. The third-order valence-electron chi connectivity index (χ3n) is 4.98. The van der Waals surface area contributed by atoms with Crippen LogP contribution in [0.2, 0.25) is 0 Å².